The molecular weight excluding hydrogens is 294 g/mol. The van der Waals surface area contributed by atoms with Crippen molar-refractivity contribution in [1.82, 2.24) is 11.0 Å². The Bertz CT molecular complexity index is 659. The molecule has 2 aromatic rings. The van der Waals surface area contributed by atoms with E-state index in [-0.39, 0.29) is 11.3 Å². The highest BCUT2D eigenvalue weighted by molar-refractivity contribution is 6.30. The number of halogens is 1. The molecule has 21 heavy (non-hydrogen) atoms. The molecule has 0 saturated carbocycles. The molecule has 0 heterocycles. The number of anilines is 1. The van der Waals surface area contributed by atoms with E-state index < -0.39 is 11.9 Å². The minimum Gasteiger partial charge on any atom is -0.398 e. The van der Waals surface area contributed by atoms with Crippen molar-refractivity contribution in [2.75, 3.05) is 5.73 Å². The summed E-state index contributed by atoms with van der Waals surface area (Å²) in [4.78, 5) is 28.1. The largest absolute Gasteiger partial charge is 0.398 e. The zero-order valence-corrected chi connectivity index (χ0v) is 11.6. The fourth-order valence-electron chi connectivity index (χ4n) is 1.53. The van der Waals surface area contributed by atoms with Crippen LogP contribution < -0.4 is 16.7 Å². The summed E-state index contributed by atoms with van der Waals surface area (Å²) in [5, 5.41) is 0.519. The molecule has 2 rings (SSSR count). The van der Waals surface area contributed by atoms with E-state index in [9.17, 15) is 9.59 Å². The van der Waals surface area contributed by atoms with Crippen molar-refractivity contribution in [3.8, 4) is 0 Å². The smallest absolute Gasteiger partial charge is 0.360 e. The van der Waals surface area contributed by atoms with E-state index in [1.807, 2.05) is 0 Å². The van der Waals surface area contributed by atoms with Gasteiger partial charge in [-0.3, -0.25) is 10.2 Å². The molecule has 0 fully saturated rings. The molecule has 7 heteroatoms. The van der Waals surface area contributed by atoms with Crippen LogP contribution in [0.15, 0.2) is 48.5 Å². The maximum Gasteiger partial charge on any atom is 0.360 e. The predicted molar refractivity (Wildman–Crippen MR) is 78.3 cm³/mol. The molecule has 0 aliphatic rings. The van der Waals surface area contributed by atoms with Crippen LogP contribution in [0.4, 0.5) is 5.69 Å². The van der Waals surface area contributed by atoms with Gasteiger partial charge < -0.3 is 10.6 Å². The molecule has 0 bridgehead atoms. The average molecular weight is 306 g/mol. The molecule has 108 valence electrons. The fraction of sp³-hybridized carbons (Fsp3) is 0. The summed E-state index contributed by atoms with van der Waals surface area (Å²) in [6.45, 7) is 0. The molecular formula is C14H12ClN3O3. The number of nitrogens with one attached hydrogen (secondary N) is 2. The van der Waals surface area contributed by atoms with Gasteiger partial charge in [0.15, 0.2) is 0 Å². The summed E-state index contributed by atoms with van der Waals surface area (Å²) in [5.41, 5.74) is 10.8. The van der Waals surface area contributed by atoms with Gasteiger partial charge in [0, 0.05) is 16.3 Å². The van der Waals surface area contributed by atoms with Crippen molar-refractivity contribution >= 4 is 29.2 Å². The van der Waals surface area contributed by atoms with Gasteiger partial charge in [-0.1, -0.05) is 29.3 Å². The van der Waals surface area contributed by atoms with Gasteiger partial charge in [0.25, 0.3) is 5.91 Å². The molecule has 2 aromatic carbocycles. The Balaban J connectivity index is 1.87. The van der Waals surface area contributed by atoms with Gasteiger partial charge in [-0.2, -0.15) is 0 Å². The van der Waals surface area contributed by atoms with Gasteiger partial charge in [0.1, 0.15) is 0 Å². The predicted octanol–water partition coefficient (Wildman–Crippen LogP) is 1.93. The van der Waals surface area contributed by atoms with E-state index in [0.29, 0.717) is 10.6 Å². The van der Waals surface area contributed by atoms with Gasteiger partial charge in [-0.15, -0.1) is 0 Å². The summed E-state index contributed by atoms with van der Waals surface area (Å²) in [7, 11) is 0. The van der Waals surface area contributed by atoms with Crippen LogP contribution in [0.3, 0.4) is 0 Å². The van der Waals surface area contributed by atoms with Crippen LogP contribution in [0.5, 0.6) is 0 Å². The lowest BCUT2D eigenvalue weighted by atomic mass is 10.2. The first-order chi connectivity index (χ1) is 10.1. The Morgan fingerprint density at radius 2 is 1.71 bits per heavy atom. The Morgan fingerprint density at radius 3 is 2.38 bits per heavy atom. The number of para-hydroxylation sites is 1. The van der Waals surface area contributed by atoms with Crippen LogP contribution in [-0.2, 0) is 4.84 Å². The first-order valence-corrected chi connectivity index (χ1v) is 6.32. The Labute approximate surface area is 125 Å². The number of benzene rings is 2. The van der Waals surface area contributed by atoms with E-state index >= 15 is 0 Å². The quantitative estimate of drug-likeness (QED) is 0.593. The number of carbonyl (C=O) groups is 2. The number of rotatable bonds is 4. The van der Waals surface area contributed by atoms with Crippen LogP contribution >= 0.6 is 11.6 Å². The van der Waals surface area contributed by atoms with E-state index in [1.165, 1.54) is 18.2 Å². The molecule has 0 atom stereocenters. The van der Waals surface area contributed by atoms with Crippen LogP contribution in [0.2, 0.25) is 5.02 Å². The van der Waals surface area contributed by atoms with Gasteiger partial charge >= 0.3 is 5.97 Å². The summed E-state index contributed by atoms with van der Waals surface area (Å²) in [5.74, 6) is -1.18. The number of amides is 1. The molecule has 0 radical (unpaired) electrons. The molecule has 0 unspecified atom stereocenters. The van der Waals surface area contributed by atoms with Crippen molar-refractivity contribution in [1.29, 1.82) is 0 Å². The Morgan fingerprint density at radius 1 is 1.05 bits per heavy atom. The molecule has 0 aromatic heterocycles. The number of hydrazine groups is 1. The summed E-state index contributed by atoms with van der Waals surface area (Å²) in [6, 6.07) is 12.7. The minimum atomic E-state index is -0.704. The number of hydrogen-bond acceptors (Lipinski definition) is 5. The third-order valence-corrected chi connectivity index (χ3v) is 2.85. The minimum absolute atomic E-state index is 0.200. The lowest BCUT2D eigenvalue weighted by Gasteiger charge is -2.08. The lowest BCUT2D eigenvalue weighted by Crippen LogP contribution is -2.39. The number of nitrogens with two attached hydrogens (primary N) is 1. The lowest BCUT2D eigenvalue weighted by molar-refractivity contribution is 0.0139. The molecule has 1 amide bonds. The highest BCUT2D eigenvalue weighted by atomic mass is 35.5. The number of hydrogen-bond donors (Lipinski definition) is 3. The maximum absolute atomic E-state index is 11.7. The van der Waals surface area contributed by atoms with Crippen molar-refractivity contribution in [3.05, 3.63) is 64.7 Å². The molecule has 0 saturated heterocycles. The Hall–Kier alpha value is -2.57. The van der Waals surface area contributed by atoms with Crippen LogP contribution in [0.25, 0.3) is 0 Å². The normalized spacial score (nSPS) is 9.95. The van der Waals surface area contributed by atoms with E-state index in [1.54, 1.807) is 30.3 Å². The first-order valence-electron chi connectivity index (χ1n) is 5.94. The molecule has 0 aliphatic carbocycles. The first kappa shape index (κ1) is 14.8. The standard InChI is InChI=1S/C14H12ClN3O3/c15-10-7-5-9(6-8-10)13(19)17-18-21-14(20)11-3-1-2-4-12(11)16/h1-8,18H,16H2,(H,17,19). The molecule has 6 nitrogen and oxygen atoms in total. The van der Waals surface area contributed by atoms with Crippen LogP contribution in [-0.4, -0.2) is 11.9 Å². The maximum atomic E-state index is 11.7. The summed E-state index contributed by atoms with van der Waals surface area (Å²) in [6.07, 6.45) is 0. The van der Waals surface area contributed by atoms with Crippen molar-refractivity contribution < 1.29 is 14.4 Å². The second-order valence-electron chi connectivity index (χ2n) is 4.04. The van der Waals surface area contributed by atoms with E-state index in [2.05, 4.69) is 11.0 Å². The molecule has 0 spiro atoms. The van der Waals surface area contributed by atoms with Gasteiger partial charge in [-0.25, -0.2) is 4.79 Å². The van der Waals surface area contributed by atoms with E-state index in [4.69, 9.17) is 22.2 Å². The monoisotopic (exact) mass is 305 g/mol. The molecule has 4 N–H and O–H groups in total. The third-order valence-electron chi connectivity index (χ3n) is 2.60. The van der Waals surface area contributed by atoms with Crippen molar-refractivity contribution in [2.24, 2.45) is 0 Å². The highest BCUT2D eigenvalue weighted by Gasteiger charge is 2.11. The Kier molecular flexibility index (Phi) is 4.76. The van der Waals surface area contributed by atoms with Gasteiger partial charge in [-0.05, 0) is 36.4 Å². The topological polar surface area (TPSA) is 93.5 Å². The van der Waals surface area contributed by atoms with Crippen molar-refractivity contribution in [2.45, 2.75) is 0 Å². The second-order valence-corrected chi connectivity index (χ2v) is 4.48. The third kappa shape index (κ3) is 3.95. The van der Waals surface area contributed by atoms with E-state index in [0.717, 1.165) is 0 Å². The average Bonchev–Trinajstić information content (AvgIpc) is 2.48. The SMILES string of the molecule is Nc1ccccc1C(=O)ONNC(=O)c1ccc(Cl)cc1. The highest BCUT2D eigenvalue weighted by Crippen LogP contribution is 2.11. The van der Waals surface area contributed by atoms with Gasteiger partial charge in [0.2, 0.25) is 0 Å². The molecule has 0 aliphatic heterocycles. The van der Waals surface area contributed by atoms with Gasteiger partial charge in [0.05, 0.1) is 5.56 Å². The zero-order valence-electron chi connectivity index (χ0n) is 10.8. The summed E-state index contributed by atoms with van der Waals surface area (Å²) < 4.78 is 0. The van der Waals surface area contributed by atoms with Crippen LogP contribution in [0.1, 0.15) is 20.7 Å². The number of carbonyl (C=O) groups excluding carboxylic acids is 2. The number of nitrogen functional groups attached to an aromatic ring is 1. The van der Waals surface area contributed by atoms with Crippen molar-refractivity contribution in [3.63, 3.8) is 0 Å². The second kappa shape index (κ2) is 6.74. The van der Waals surface area contributed by atoms with Crippen LogP contribution in [0, 0.1) is 0 Å². The summed E-state index contributed by atoms with van der Waals surface area (Å²) >= 11 is 5.72. The fourth-order valence-corrected chi connectivity index (χ4v) is 1.66. The zero-order chi connectivity index (χ0) is 15.2.